The predicted octanol–water partition coefficient (Wildman–Crippen LogP) is 1.81. The molecule has 1 aromatic rings. The van der Waals surface area contributed by atoms with Gasteiger partial charge < -0.3 is 0 Å². The molecule has 0 aliphatic carbocycles. The number of rotatable bonds is 2. The molecule has 4 nitrogen and oxygen atoms in total. The van der Waals surface area contributed by atoms with Gasteiger partial charge in [0.05, 0.1) is 6.54 Å². The van der Waals surface area contributed by atoms with E-state index in [1.54, 1.807) is 19.1 Å². The van der Waals surface area contributed by atoms with Gasteiger partial charge >= 0.3 is 6.03 Å². The van der Waals surface area contributed by atoms with Crippen LogP contribution in [-0.2, 0) is 0 Å². The highest BCUT2D eigenvalue weighted by Crippen LogP contribution is 2.26. The summed E-state index contributed by atoms with van der Waals surface area (Å²) >= 11 is 0. The molecule has 2 N–H and O–H groups in total. The Hall–Kier alpha value is -2.35. The first-order valence-electron chi connectivity index (χ1n) is 5.40. The number of carbonyl (C=O) groups is 1. The van der Waals surface area contributed by atoms with Gasteiger partial charge in [0.25, 0.3) is 0 Å². The molecule has 1 atom stereocenters. The topological polar surface area (TPSA) is 56.2 Å². The molecule has 92 valence electrons. The number of terminal acetylenes is 1. The lowest BCUT2D eigenvalue weighted by molar-refractivity contribution is 0.212. The maximum Gasteiger partial charge on any atom is 0.324 e. The van der Waals surface area contributed by atoms with Crippen LogP contribution in [0.25, 0.3) is 0 Å². The fraction of sp³-hybridized carbons (Fsp3) is 0.231. The summed E-state index contributed by atoms with van der Waals surface area (Å²) in [5.74, 6) is 2.01. The maximum absolute atomic E-state index is 13.5. The van der Waals surface area contributed by atoms with Crippen LogP contribution in [0, 0.1) is 30.5 Å². The smallest absolute Gasteiger partial charge is 0.299 e. The van der Waals surface area contributed by atoms with Crippen molar-refractivity contribution < 1.29 is 9.18 Å². The highest BCUT2D eigenvalue weighted by Gasteiger charge is 2.36. The van der Waals surface area contributed by atoms with E-state index in [1.807, 2.05) is 0 Å². The van der Waals surface area contributed by atoms with Crippen LogP contribution in [0.3, 0.4) is 0 Å². The summed E-state index contributed by atoms with van der Waals surface area (Å²) in [7, 11) is 0. The van der Waals surface area contributed by atoms with E-state index in [2.05, 4.69) is 11.2 Å². The highest BCUT2D eigenvalue weighted by atomic mass is 19.1. The normalized spacial score (nSPS) is 18.7. The summed E-state index contributed by atoms with van der Waals surface area (Å²) in [6.45, 7) is 1.73. The van der Waals surface area contributed by atoms with E-state index in [4.69, 9.17) is 11.8 Å². The Morgan fingerprint density at radius 2 is 2.33 bits per heavy atom. The van der Waals surface area contributed by atoms with Gasteiger partial charge in [-0.05, 0) is 24.1 Å². The Balaban J connectivity index is 2.41. The fourth-order valence-electron chi connectivity index (χ4n) is 1.92. The third-order valence-corrected chi connectivity index (χ3v) is 2.86. The predicted molar refractivity (Wildman–Crippen MR) is 65.7 cm³/mol. The zero-order valence-electron chi connectivity index (χ0n) is 9.83. The molecule has 0 radical (unpaired) electrons. The van der Waals surface area contributed by atoms with Gasteiger partial charge in [0.2, 0.25) is 0 Å². The number of hydrogen-bond acceptors (Lipinski definition) is 2. The van der Waals surface area contributed by atoms with Crippen LogP contribution < -0.4 is 5.32 Å². The van der Waals surface area contributed by atoms with E-state index in [0.29, 0.717) is 11.1 Å². The molecule has 1 aromatic carbocycles. The van der Waals surface area contributed by atoms with Crippen molar-refractivity contribution in [1.29, 1.82) is 5.41 Å². The van der Waals surface area contributed by atoms with E-state index in [9.17, 15) is 9.18 Å². The van der Waals surface area contributed by atoms with E-state index in [-0.39, 0.29) is 18.2 Å². The summed E-state index contributed by atoms with van der Waals surface area (Å²) in [4.78, 5) is 12.9. The van der Waals surface area contributed by atoms with Gasteiger partial charge in [-0.15, -0.1) is 6.42 Å². The summed E-state index contributed by atoms with van der Waals surface area (Å²) in [5.41, 5.74) is 1.06. The van der Waals surface area contributed by atoms with Crippen LogP contribution in [0.5, 0.6) is 0 Å². The van der Waals surface area contributed by atoms with Crippen molar-refractivity contribution in [2.75, 3.05) is 6.54 Å². The van der Waals surface area contributed by atoms with Crippen LogP contribution in [0.15, 0.2) is 18.2 Å². The van der Waals surface area contributed by atoms with Crippen molar-refractivity contribution in [3.05, 3.63) is 35.1 Å². The number of aryl methyl sites for hydroxylation is 1. The molecule has 1 unspecified atom stereocenters. The number of benzene rings is 1. The van der Waals surface area contributed by atoms with Crippen LogP contribution in [0.2, 0.25) is 0 Å². The molecular formula is C13H12FN3O. The van der Waals surface area contributed by atoms with Crippen LogP contribution in [0.4, 0.5) is 9.18 Å². The quantitative estimate of drug-likeness (QED) is 0.767. The molecule has 0 aromatic heterocycles. The van der Waals surface area contributed by atoms with Crippen molar-refractivity contribution in [2.24, 2.45) is 0 Å². The largest absolute Gasteiger partial charge is 0.324 e. The maximum atomic E-state index is 13.5. The minimum atomic E-state index is -0.636. The standard InChI is InChI=1S/C13H12FN3O/c1-3-6-17-11(12(15)16-13(17)18)9-5-4-8(2)10(14)7-9/h1,4-5,7,11H,6H2,2H3,(H2,15,16,18). The van der Waals surface area contributed by atoms with Crippen LogP contribution >= 0.6 is 0 Å². The van der Waals surface area contributed by atoms with Crippen molar-refractivity contribution in [2.45, 2.75) is 13.0 Å². The van der Waals surface area contributed by atoms with Crippen molar-refractivity contribution in [3.8, 4) is 12.3 Å². The summed E-state index contributed by atoms with van der Waals surface area (Å²) < 4.78 is 13.5. The highest BCUT2D eigenvalue weighted by molar-refractivity contribution is 6.06. The molecule has 1 saturated heterocycles. The van der Waals surface area contributed by atoms with Gasteiger partial charge in [0.15, 0.2) is 0 Å². The number of nitrogens with zero attached hydrogens (tertiary/aromatic N) is 1. The second-order valence-corrected chi connectivity index (χ2v) is 4.09. The number of halogens is 1. The Bertz CT molecular complexity index is 562. The molecule has 0 spiro atoms. The van der Waals surface area contributed by atoms with Crippen LogP contribution in [-0.4, -0.2) is 23.3 Å². The summed E-state index contributed by atoms with van der Waals surface area (Å²) in [6.07, 6.45) is 5.19. The number of nitrogens with one attached hydrogen (secondary N) is 2. The lowest BCUT2D eigenvalue weighted by atomic mass is 10.0. The SMILES string of the molecule is C#CCN1C(=O)NC(=N)C1c1ccc(C)c(F)c1. The molecule has 2 rings (SSSR count). The van der Waals surface area contributed by atoms with Crippen molar-refractivity contribution >= 4 is 11.9 Å². The molecule has 1 heterocycles. The molecule has 1 fully saturated rings. The van der Waals surface area contributed by atoms with Gasteiger partial charge in [-0.1, -0.05) is 18.1 Å². The van der Waals surface area contributed by atoms with Gasteiger partial charge in [-0.2, -0.15) is 0 Å². The molecule has 18 heavy (non-hydrogen) atoms. The van der Waals surface area contributed by atoms with Crippen LogP contribution in [0.1, 0.15) is 17.2 Å². The van der Waals surface area contributed by atoms with E-state index in [1.165, 1.54) is 11.0 Å². The summed E-state index contributed by atoms with van der Waals surface area (Å²) in [6, 6.07) is 3.58. The first-order chi connectivity index (χ1) is 8.54. The average molecular weight is 245 g/mol. The molecule has 5 heteroatoms. The fourth-order valence-corrected chi connectivity index (χ4v) is 1.92. The Labute approximate surface area is 104 Å². The first-order valence-corrected chi connectivity index (χ1v) is 5.40. The van der Waals surface area contributed by atoms with Gasteiger partial charge in [-0.25, -0.2) is 9.18 Å². The molecule has 2 amide bonds. The van der Waals surface area contributed by atoms with Gasteiger partial charge in [-0.3, -0.25) is 15.6 Å². The minimum absolute atomic E-state index is 0.0125. The third-order valence-electron chi connectivity index (χ3n) is 2.86. The van der Waals surface area contributed by atoms with Gasteiger partial charge in [0, 0.05) is 0 Å². The number of urea groups is 1. The number of carbonyl (C=O) groups excluding carboxylic acids is 1. The van der Waals surface area contributed by atoms with E-state index >= 15 is 0 Å². The molecular weight excluding hydrogens is 233 g/mol. The van der Waals surface area contributed by atoms with E-state index in [0.717, 1.165) is 0 Å². The van der Waals surface area contributed by atoms with Crippen molar-refractivity contribution in [3.63, 3.8) is 0 Å². The third kappa shape index (κ3) is 1.93. The second-order valence-electron chi connectivity index (χ2n) is 4.09. The Kier molecular flexibility index (Phi) is 3.02. The first kappa shape index (κ1) is 12.1. The Morgan fingerprint density at radius 1 is 1.61 bits per heavy atom. The monoisotopic (exact) mass is 245 g/mol. The molecule has 0 saturated carbocycles. The lowest BCUT2D eigenvalue weighted by Crippen LogP contribution is -2.30. The van der Waals surface area contributed by atoms with Crippen molar-refractivity contribution in [1.82, 2.24) is 10.2 Å². The molecule has 1 aliphatic rings. The number of amidine groups is 1. The number of hydrogen-bond donors (Lipinski definition) is 2. The van der Waals surface area contributed by atoms with E-state index < -0.39 is 12.1 Å². The Morgan fingerprint density at radius 3 is 2.94 bits per heavy atom. The lowest BCUT2D eigenvalue weighted by Gasteiger charge is -2.20. The zero-order valence-corrected chi connectivity index (χ0v) is 9.83. The molecule has 0 bridgehead atoms. The average Bonchev–Trinajstić information content (AvgIpc) is 2.59. The molecule has 1 aliphatic heterocycles. The zero-order chi connectivity index (χ0) is 13.3. The number of amides is 2. The minimum Gasteiger partial charge on any atom is -0.299 e. The van der Waals surface area contributed by atoms with Gasteiger partial charge in [0.1, 0.15) is 17.7 Å². The summed E-state index contributed by atoms with van der Waals surface area (Å²) in [5, 5.41) is 10.1. The second kappa shape index (κ2) is 4.49.